The van der Waals surface area contributed by atoms with Crippen LogP contribution in [0, 0.1) is 0 Å². The summed E-state index contributed by atoms with van der Waals surface area (Å²) in [6.07, 6.45) is 2.19. The number of hydrogen-bond donors (Lipinski definition) is 0. The van der Waals surface area contributed by atoms with Gasteiger partial charge in [0.15, 0.2) is 0 Å². The highest BCUT2D eigenvalue weighted by atomic mass is 28.3. The van der Waals surface area contributed by atoms with Gasteiger partial charge in [0.1, 0.15) is 0 Å². The second-order valence-electron chi connectivity index (χ2n) is 2.90. The molecule has 1 heteroatoms. The van der Waals surface area contributed by atoms with E-state index in [-0.39, 0.29) is 0 Å². The minimum Gasteiger partial charge on any atom is -0.107 e. The van der Waals surface area contributed by atoms with E-state index in [0.717, 1.165) is 0 Å². The molecule has 0 atom stereocenters. The van der Waals surface area contributed by atoms with Crippen LogP contribution in [0.1, 0.15) is 13.8 Å². The summed E-state index contributed by atoms with van der Waals surface area (Å²) in [5, 5.41) is 1.51. The fourth-order valence-electron chi connectivity index (χ4n) is 0.533. The van der Waals surface area contributed by atoms with Gasteiger partial charge in [0.05, 0.1) is 8.07 Å². The van der Waals surface area contributed by atoms with Gasteiger partial charge in [-0.15, -0.1) is 6.58 Å². The average molecular weight is 140 g/mol. The molecule has 0 radical (unpaired) electrons. The van der Waals surface area contributed by atoms with E-state index in [9.17, 15) is 0 Å². The van der Waals surface area contributed by atoms with E-state index in [4.69, 9.17) is 0 Å². The zero-order valence-electron chi connectivity index (χ0n) is 6.86. The van der Waals surface area contributed by atoms with Crippen LogP contribution in [0.5, 0.6) is 0 Å². The smallest absolute Gasteiger partial charge is 0.0976 e. The summed E-state index contributed by atoms with van der Waals surface area (Å²) in [6.45, 7) is 12.7. The Bertz CT molecular complexity index is 132. The maximum absolute atomic E-state index is 3.82. The SMILES string of the molecule is C=C[Si](C)(C)/C(C)=C\C. The topological polar surface area (TPSA) is 0 Å². The molecule has 0 unspecified atom stereocenters. The summed E-state index contributed by atoms with van der Waals surface area (Å²) >= 11 is 0. The fourth-order valence-corrected chi connectivity index (χ4v) is 1.60. The minimum atomic E-state index is -1.16. The van der Waals surface area contributed by atoms with E-state index in [1.165, 1.54) is 5.20 Å². The highest BCUT2D eigenvalue weighted by molar-refractivity contribution is 6.88. The maximum Gasteiger partial charge on any atom is 0.0976 e. The molecule has 0 saturated heterocycles. The molecule has 0 nitrogen and oxygen atoms in total. The lowest BCUT2D eigenvalue weighted by Gasteiger charge is -2.17. The van der Waals surface area contributed by atoms with Gasteiger partial charge in [0, 0.05) is 0 Å². The van der Waals surface area contributed by atoms with Gasteiger partial charge < -0.3 is 0 Å². The van der Waals surface area contributed by atoms with Crippen LogP contribution in [-0.2, 0) is 0 Å². The molecule has 0 heterocycles. The van der Waals surface area contributed by atoms with Crippen molar-refractivity contribution in [3.8, 4) is 0 Å². The van der Waals surface area contributed by atoms with Gasteiger partial charge in [-0.3, -0.25) is 0 Å². The van der Waals surface area contributed by atoms with Crippen LogP contribution in [0.4, 0.5) is 0 Å². The fraction of sp³-hybridized carbons (Fsp3) is 0.500. The monoisotopic (exact) mass is 140 g/mol. The van der Waals surface area contributed by atoms with Gasteiger partial charge in [0.25, 0.3) is 0 Å². The third-order valence-corrected chi connectivity index (χ3v) is 5.30. The molecule has 0 rings (SSSR count). The van der Waals surface area contributed by atoms with Crippen molar-refractivity contribution in [3.63, 3.8) is 0 Å². The lowest BCUT2D eigenvalue weighted by Crippen LogP contribution is -2.24. The standard InChI is InChI=1S/C8H16Si/c1-6-8(3)9(4,5)7-2/h6-7H,2H2,1,3-5H3/b8-6-. The molecule has 0 aliphatic heterocycles. The van der Waals surface area contributed by atoms with Crippen molar-refractivity contribution in [2.24, 2.45) is 0 Å². The second-order valence-corrected chi connectivity index (χ2v) is 7.54. The summed E-state index contributed by atoms with van der Waals surface area (Å²) in [6, 6.07) is 0. The Kier molecular flexibility index (Phi) is 2.92. The minimum absolute atomic E-state index is 1.16. The number of allylic oxidation sites excluding steroid dienone is 2. The molecule has 0 aliphatic rings. The largest absolute Gasteiger partial charge is 0.107 e. The highest BCUT2D eigenvalue weighted by Crippen LogP contribution is 2.13. The van der Waals surface area contributed by atoms with Gasteiger partial charge in [-0.2, -0.15) is 0 Å². The Balaban J connectivity index is 4.32. The van der Waals surface area contributed by atoms with Crippen molar-refractivity contribution in [2.45, 2.75) is 26.9 Å². The highest BCUT2D eigenvalue weighted by Gasteiger charge is 2.16. The van der Waals surface area contributed by atoms with Crippen LogP contribution >= 0.6 is 0 Å². The quantitative estimate of drug-likeness (QED) is 0.517. The summed E-state index contributed by atoms with van der Waals surface area (Å²) in [5.41, 5.74) is 2.11. The summed E-state index contributed by atoms with van der Waals surface area (Å²) in [5.74, 6) is 0. The van der Waals surface area contributed by atoms with E-state index < -0.39 is 8.07 Å². The second kappa shape index (κ2) is 3.02. The molecule has 0 spiro atoms. The van der Waals surface area contributed by atoms with Gasteiger partial charge in [-0.05, 0) is 13.8 Å². The van der Waals surface area contributed by atoms with Gasteiger partial charge in [0.2, 0.25) is 0 Å². The molecule has 0 saturated carbocycles. The molecule has 0 bridgehead atoms. The third-order valence-electron chi connectivity index (χ3n) is 1.96. The average Bonchev–Trinajstić information content (AvgIpc) is 1.86. The van der Waals surface area contributed by atoms with Crippen LogP contribution in [0.25, 0.3) is 0 Å². The molecule has 52 valence electrons. The van der Waals surface area contributed by atoms with Crippen LogP contribution in [0.15, 0.2) is 23.6 Å². The van der Waals surface area contributed by atoms with E-state index in [2.05, 4.69) is 45.3 Å². The molecule has 0 fully saturated rings. The Morgan fingerprint density at radius 3 is 2.00 bits per heavy atom. The number of rotatable bonds is 2. The first kappa shape index (κ1) is 8.70. The van der Waals surface area contributed by atoms with Crippen molar-refractivity contribution >= 4 is 8.07 Å². The zero-order valence-corrected chi connectivity index (χ0v) is 7.86. The first-order valence-electron chi connectivity index (χ1n) is 3.31. The zero-order chi connectivity index (χ0) is 7.49. The number of hydrogen-bond acceptors (Lipinski definition) is 0. The van der Waals surface area contributed by atoms with Gasteiger partial charge in [-0.1, -0.05) is 30.1 Å². The Morgan fingerprint density at radius 2 is 1.89 bits per heavy atom. The van der Waals surface area contributed by atoms with Gasteiger partial charge in [-0.25, -0.2) is 0 Å². The van der Waals surface area contributed by atoms with Crippen LogP contribution in [-0.4, -0.2) is 8.07 Å². The maximum atomic E-state index is 3.82. The first-order valence-corrected chi connectivity index (χ1v) is 6.39. The van der Waals surface area contributed by atoms with Crippen molar-refractivity contribution in [1.82, 2.24) is 0 Å². The molecular weight excluding hydrogens is 124 g/mol. The van der Waals surface area contributed by atoms with E-state index in [1.807, 2.05) is 0 Å². The molecule has 0 aliphatic carbocycles. The van der Waals surface area contributed by atoms with Crippen LogP contribution in [0.3, 0.4) is 0 Å². The molecule has 0 aromatic rings. The predicted octanol–water partition coefficient (Wildman–Crippen LogP) is 2.93. The molecule has 9 heavy (non-hydrogen) atoms. The molecule has 0 aromatic carbocycles. The van der Waals surface area contributed by atoms with Crippen molar-refractivity contribution in [1.29, 1.82) is 0 Å². The molecule has 0 amide bonds. The summed E-state index contributed by atoms with van der Waals surface area (Å²) in [7, 11) is -1.16. The molecule has 0 N–H and O–H groups in total. The van der Waals surface area contributed by atoms with Crippen LogP contribution in [0.2, 0.25) is 13.1 Å². The van der Waals surface area contributed by atoms with E-state index in [1.54, 1.807) is 0 Å². The summed E-state index contributed by atoms with van der Waals surface area (Å²) < 4.78 is 0. The van der Waals surface area contributed by atoms with E-state index in [0.29, 0.717) is 0 Å². The van der Waals surface area contributed by atoms with Crippen molar-refractivity contribution < 1.29 is 0 Å². The van der Waals surface area contributed by atoms with Crippen molar-refractivity contribution in [2.75, 3.05) is 0 Å². The van der Waals surface area contributed by atoms with Crippen molar-refractivity contribution in [3.05, 3.63) is 23.6 Å². The Hall–Kier alpha value is -0.303. The summed E-state index contributed by atoms with van der Waals surface area (Å²) in [4.78, 5) is 0. The first-order chi connectivity index (χ1) is 4.04. The third kappa shape index (κ3) is 2.18. The van der Waals surface area contributed by atoms with E-state index >= 15 is 0 Å². The van der Waals surface area contributed by atoms with Gasteiger partial charge >= 0.3 is 0 Å². The Labute approximate surface area is 59.3 Å². The lowest BCUT2D eigenvalue weighted by molar-refractivity contribution is 1.51. The van der Waals surface area contributed by atoms with Crippen LogP contribution < -0.4 is 0 Å². The molecule has 0 aromatic heterocycles. The predicted molar refractivity (Wildman–Crippen MR) is 47.1 cm³/mol. The molecular formula is C8H16Si. The Morgan fingerprint density at radius 1 is 1.44 bits per heavy atom. The lowest BCUT2D eigenvalue weighted by atomic mass is 10.6. The normalized spacial score (nSPS) is 13.6.